The Kier molecular flexibility index (Phi) is 6.45. The number of carbonyl (C=O) groups excluding carboxylic acids is 1. The number of anilines is 1. The number of nitrogens with zero attached hydrogens (tertiary/aromatic N) is 4. The van der Waals surface area contributed by atoms with Crippen molar-refractivity contribution in [3.63, 3.8) is 0 Å². The molecule has 0 saturated carbocycles. The van der Waals surface area contributed by atoms with E-state index in [-0.39, 0.29) is 12.0 Å². The summed E-state index contributed by atoms with van der Waals surface area (Å²) in [6.07, 6.45) is -0.279. The van der Waals surface area contributed by atoms with Crippen LogP contribution in [0.15, 0.2) is 33.3 Å². The van der Waals surface area contributed by atoms with Crippen molar-refractivity contribution in [3.8, 4) is 0 Å². The average Bonchev–Trinajstić information content (AvgIpc) is 3.17. The van der Waals surface area contributed by atoms with Gasteiger partial charge in [-0.3, -0.25) is 0 Å². The maximum atomic E-state index is 12.3. The SMILES string of the molecule is CC(C)C(C)(c1ccc(Br)cc1)c1nc(N2CCN(C(=O)OC(C)(C)C)CC2)no1. The predicted molar refractivity (Wildman–Crippen MR) is 120 cm³/mol. The molecule has 0 spiro atoms. The minimum Gasteiger partial charge on any atom is -0.444 e. The summed E-state index contributed by atoms with van der Waals surface area (Å²) in [6.45, 7) is 14.5. The molecular formula is C22H31BrN4O3. The normalized spacial score (nSPS) is 17.2. The fraction of sp³-hybridized carbons (Fsp3) is 0.591. The lowest BCUT2D eigenvalue weighted by atomic mass is 9.73. The number of aromatic nitrogens is 2. The second-order valence-corrected chi connectivity index (χ2v) is 10.1. The zero-order chi connectivity index (χ0) is 22.1. The third-order valence-corrected chi connectivity index (χ3v) is 6.20. The molecule has 1 unspecified atom stereocenters. The Labute approximate surface area is 186 Å². The van der Waals surface area contributed by atoms with Crippen LogP contribution in [0.4, 0.5) is 10.7 Å². The summed E-state index contributed by atoms with van der Waals surface area (Å²) in [5.74, 6) is 1.43. The number of hydrogen-bond acceptors (Lipinski definition) is 6. The molecule has 3 rings (SSSR count). The lowest BCUT2D eigenvalue weighted by molar-refractivity contribution is 0.0240. The van der Waals surface area contributed by atoms with Crippen LogP contribution in [0.3, 0.4) is 0 Å². The number of ether oxygens (including phenoxy) is 1. The van der Waals surface area contributed by atoms with Crippen LogP contribution < -0.4 is 4.90 Å². The predicted octanol–water partition coefficient (Wildman–Crippen LogP) is 4.85. The van der Waals surface area contributed by atoms with Crippen molar-refractivity contribution in [3.05, 3.63) is 40.2 Å². The van der Waals surface area contributed by atoms with E-state index in [1.54, 1.807) is 4.90 Å². The first-order valence-electron chi connectivity index (χ1n) is 10.3. The summed E-state index contributed by atoms with van der Waals surface area (Å²) in [5.41, 5.74) is 0.237. The topological polar surface area (TPSA) is 71.7 Å². The minimum absolute atomic E-state index is 0.260. The fourth-order valence-electron chi connectivity index (χ4n) is 3.47. The van der Waals surface area contributed by atoms with Crippen molar-refractivity contribution in [2.45, 2.75) is 52.6 Å². The molecule has 2 aromatic rings. The van der Waals surface area contributed by atoms with Crippen LogP contribution in [0.1, 0.15) is 53.0 Å². The van der Waals surface area contributed by atoms with E-state index in [0.29, 0.717) is 38.0 Å². The summed E-state index contributed by atoms with van der Waals surface area (Å²) in [7, 11) is 0. The van der Waals surface area contributed by atoms with Gasteiger partial charge in [-0.2, -0.15) is 4.98 Å². The van der Waals surface area contributed by atoms with Crippen molar-refractivity contribution < 1.29 is 14.1 Å². The molecule has 1 amide bonds. The minimum atomic E-state index is -0.495. The third-order valence-electron chi connectivity index (χ3n) is 5.67. The van der Waals surface area contributed by atoms with E-state index < -0.39 is 11.0 Å². The van der Waals surface area contributed by atoms with Gasteiger partial charge in [-0.25, -0.2) is 4.79 Å². The van der Waals surface area contributed by atoms with Gasteiger partial charge in [0.25, 0.3) is 5.95 Å². The Bertz CT molecular complexity index is 867. The van der Waals surface area contributed by atoms with Crippen LogP contribution in [-0.2, 0) is 10.2 Å². The number of piperazine rings is 1. The first-order chi connectivity index (χ1) is 14.0. The molecule has 0 aliphatic carbocycles. The van der Waals surface area contributed by atoms with Crippen molar-refractivity contribution in [2.24, 2.45) is 5.92 Å². The molecular weight excluding hydrogens is 448 g/mol. The first kappa shape index (κ1) is 22.6. The lowest BCUT2D eigenvalue weighted by Gasteiger charge is -2.35. The van der Waals surface area contributed by atoms with Gasteiger partial charge < -0.3 is 19.1 Å². The summed E-state index contributed by atoms with van der Waals surface area (Å²) in [5, 5.41) is 4.26. The van der Waals surface area contributed by atoms with Crippen molar-refractivity contribution in [2.75, 3.05) is 31.1 Å². The molecule has 1 aliphatic heterocycles. The largest absolute Gasteiger partial charge is 0.444 e. The average molecular weight is 479 g/mol. The Balaban J connectivity index is 1.73. The summed E-state index contributed by atoms with van der Waals surface area (Å²) in [6, 6.07) is 8.24. The highest BCUT2D eigenvalue weighted by Crippen LogP contribution is 2.39. The second-order valence-electron chi connectivity index (χ2n) is 9.22. The Hall–Kier alpha value is -2.09. The van der Waals surface area contributed by atoms with Crippen LogP contribution in [0, 0.1) is 5.92 Å². The van der Waals surface area contributed by atoms with Gasteiger partial charge in [0.2, 0.25) is 5.89 Å². The monoisotopic (exact) mass is 478 g/mol. The molecule has 164 valence electrons. The van der Waals surface area contributed by atoms with E-state index in [4.69, 9.17) is 14.2 Å². The molecule has 0 N–H and O–H groups in total. The third kappa shape index (κ3) is 4.79. The van der Waals surface area contributed by atoms with Crippen LogP contribution in [-0.4, -0.2) is 52.9 Å². The molecule has 0 radical (unpaired) electrons. The van der Waals surface area contributed by atoms with Crippen molar-refractivity contribution in [1.82, 2.24) is 15.0 Å². The van der Waals surface area contributed by atoms with Gasteiger partial charge in [0, 0.05) is 30.7 Å². The van der Waals surface area contributed by atoms with E-state index in [0.717, 1.165) is 10.0 Å². The van der Waals surface area contributed by atoms with Crippen molar-refractivity contribution in [1.29, 1.82) is 0 Å². The van der Waals surface area contributed by atoms with E-state index in [1.165, 1.54) is 0 Å². The highest BCUT2D eigenvalue weighted by atomic mass is 79.9. The standard InChI is InChI=1S/C22H31BrN4O3/c1-15(2)22(6,16-7-9-17(23)10-8-16)18-24-19(25-30-18)26-11-13-27(14-12-26)20(28)29-21(3,4)5/h7-10,15H,11-14H2,1-6H3. The van der Waals surface area contributed by atoms with Crippen molar-refractivity contribution >= 4 is 28.0 Å². The molecule has 8 heteroatoms. The maximum absolute atomic E-state index is 12.3. The Morgan fingerprint density at radius 1 is 1.10 bits per heavy atom. The zero-order valence-electron chi connectivity index (χ0n) is 18.6. The molecule has 1 saturated heterocycles. The lowest BCUT2D eigenvalue weighted by Crippen LogP contribution is -2.50. The van der Waals surface area contributed by atoms with Gasteiger partial charge in [0.15, 0.2) is 0 Å². The molecule has 0 bridgehead atoms. The summed E-state index contributed by atoms with van der Waals surface area (Å²) >= 11 is 3.50. The molecule has 1 aromatic carbocycles. The Morgan fingerprint density at radius 3 is 2.23 bits per heavy atom. The second kappa shape index (κ2) is 8.57. The smallest absolute Gasteiger partial charge is 0.410 e. The number of rotatable bonds is 4. The van der Waals surface area contributed by atoms with Crippen LogP contribution in [0.25, 0.3) is 0 Å². The number of carbonyl (C=O) groups is 1. The highest BCUT2D eigenvalue weighted by Gasteiger charge is 2.39. The first-order valence-corrected chi connectivity index (χ1v) is 11.1. The van der Waals surface area contributed by atoms with E-state index in [9.17, 15) is 4.79 Å². The van der Waals surface area contributed by atoms with Gasteiger partial charge in [0.05, 0.1) is 5.41 Å². The quantitative estimate of drug-likeness (QED) is 0.625. The summed E-state index contributed by atoms with van der Waals surface area (Å²) < 4.78 is 12.2. The molecule has 1 aliphatic rings. The van der Waals surface area contributed by atoms with Crippen LogP contribution >= 0.6 is 15.9 Å². The maximum Gasteiger partial charge on any atom is 0.410 e. The number of halogens is 1. The van der Waals surface area contributed by atoms with E-state index in [1.807, 2.05) is 32.9 Å². The number of benzene rings is 1. The number of hydrogen-bond donors (Lipinski definition) is 0. The molecule has 1 fully saturated rings. The molecule has 30 heavy (non-hydrogen) atoms. The molecule has 1 aromatic heterocycles. The van der Waals surface area contributed by atoms with Gasteiger partial charge in [-0.1, -0.05) is 41.9 Å². The number of amides is 1. The molecule has 7 nitrogen and oxygen atoms in total. The fourth-order valence-corrected chi connectivity index (χ4v) is 3.73. The van der Waals surface area contributed by atoms with Gasteiger partial charge >= 0.3 is 6.09 Å². The highest BCUT2D eigenvalue weighted by molar-refractivity contribution is 9.10. The summed E-state index contributed by atoms with van der Waals surface area (Å²) in [4.78, 5) is 20.8. The van der Waals surface area contributed by atoms with Gasteiger partial charge in [-0.15, -0.1) is 0 Å². The Morgan fingerprint density at radius 2 is 1.70 bits per heavy atom. The van der Waals surface area contributed by atoms with Crippen LogP contribution in [0.5, 0.6) is 0 Å². The molecule has 2 heterocycles. The van der Waals surface area contributed by atoms with E-state index >= 15 is 0 Å². The molecule has 1 atom stereocenters. The van der Waals surface area contributed by atoms with Crippen LogP contribution in [0.2, 0.25) is 0 Å². The zero-order valence-corrected chi connectivity index (χ0v) is 20.2. The van der Waals surface area contributed by atoms with Gasteiger partial charge in [-0.05, 0) is 56.5 Å². The van der Waals surface area contributed by atoms with Gasteiger partial charge in [0.1, 0.15) is 5.60 Å². The van der Waals surface area contributed by atoms with E-state index in [2.05, 4.69) is 58.9 Å².